The molecule has 1 aliphatic rings. The van der Waals surface area contributed by atoms with Crippen LogP contribution in [0.5, 0.6) is 0 Å². The van der Waals surface area contributed by atoms with Crippen LogP contribution in [-0.4, -0.2) is 75.7 Å². The Kier molecular flexibility index (Phi) is 5.82. The number of aliphatic hydroxyl groups is 1. The average Bonchev–Trinajstić information content (AvgIpc) is 2.27. The van der Waals surface area contributed by atoms with E-state index in [1.807, 2.05) is 0 Å². The average molecular weight is 337 g/mol. The highest BCUT2D eigenvalue weighted by Gasteiger charge is 2.41. The Hall–Kier alpha value is -0.380. The molecule has 120 valence electrons. The lowest BCUT2D eigenvalue weighted by molar-refractivity contribution is -0.167. The van der Waals surface area contributed by atoms with Gasteiger partial charge in [0.15, 0.2) is 0 Å². The zero-order valence-corrected chi connectivity index (χ0v) is 11.9. The van der Waals surface area contributed by atoms with Crippen LogP contribution in [0.15, 0.2) is 0 Å². The second-order valence-corrected chi connectivity index (χ2v) is 6.25. The van der Waals surface area contributed by atoms with Crippen molar-refractivity contribution in [2.75, 3.05) is 20.3 Å². The van der Waals surface area contributed by atoms with Crippen molar-refractivity contribution in [2.24, 2.45) is 0 Å². The summed E-state index contributed by atoms with van der Waals surface area (Å²) < 4.78 is 75.1. The molecule has 11 nitrogen and oxygen atoms in total. The van der Waals surface area contributed by atoms with E-state index in [9.17, 15) is 21.9 Å². The van der Waals surface area contributed by atoms with E-state index in [0.29, 0.717) is 0 Å². The van der Waals surface area contributed by atoms with Crippen molar-refractivity contribution in [1.82, 2.24) is 4.72 Å². The van der Waals surface area contributed by atoms with Gasteiger partial charge in [-0.25, -0.2) is 4.18 Å². The van der Waals surface area contributed by atoms with Gasteiger partial charge in [-0.2, -0.15) is 21.6 Å². The van der Waals surface area contributed by atoms with Crippen LogP contribution in [0.2, 0.25) is 0 Å². The number of rotatable bonds is 6. The Labute approximate surface area is 115 Å². The highest BCUT2D eigenvalue weighted by atomic mass is 32.3. The van der Waals surface area contributed by atoms with Gasteiger partial charge in [0.05, 0.1) is 19.3 Å². The Morgan fingerprint density at radius 3 is 2.35 bits per heavy atom. The minimum Gasteiger partial charge on any atom is -0.389 e. The lowest BCUT2D eigenvalue weighted by Gasteiger charge is -2.38. The normalized spacial score (nSPS) is 32.2. The van der Waals surface area contributed by atoms with Gasteiger partial charge in [-0.15, -0.1) is 0 Å². The van der Waals surface area contributed by atoms with Crippen LogP contribution in [0.4, 0.5) is 0 Å². The van der Waals surface area contributed by atoms with Crippen molar-refractivity contribution < 1.29 is 44.7 Å². The molecule has 0 aromatic rings. The predicted octanol–water partition coefficient (Wildman–Crippen LogP) is -2.66. The van der Waals surface area contributed by atoms with E-state index in [0.717, 1.165) is 0 Å². The van der Waals surface area contributed by atoms with E-state index >= 15 is 0 Å². The van der Waals surface area contributed by atoms with Crippen LogP contribution in [0.1, 0.15) is 0 Å². The monoisotopic (exact) mass is 337 g/mol. The van der Waals surface area contributed by atoms with Gasteiger partial charge >= 0.3 is 20.7 Å². The number of ether oxygens (including phenoxy) is 2. The summed E-state index contributed by atoms with van der Waals surface area (Å²) in [6.07, 6.45) is -3.62. The molecule has 1 heterocycles. The Balaban J connectivity index is 2.71. The number of hydrogen-bond donors (Lipinski definition) is 4. The van der Waals surface area contributed by atoms with Gasteiger partial charge in [0.25, 0.3) is 0 Å². The maximum atomic E-state index is 10.7. The smallest absolute Gasteiger partial charge is 0.389 e. The van der Waals surface area contributed by atoms with Crippen LogP contribution in [0, 0.1) is 0 Å². The second-order valence-electron chi connectivity index (χ2n) is 3.97. The van der Waals surface area contributed by atoms with Gasteiger partial charge < -0.3 is 14.6 Å². The molecule has 0 radical (unpaired) electrons. The molecule has 0 spiro atoms. The third-order valence-corrected chi connectivity index (χ3v) is 3.59. The van der Waals surface area contributed by atoms with E-state index in [2.05, 4.69) is 4.18 Å². The highest BCUT2D eigenvalue weighted by molar-refractivity contribution is 7.83. The first-order valence-electron chi connectivity index (χ1n) is 5.22. The SMILES string of the molecule is CO[C@H]1C(COS(=O)(=O)O)OCC(NS(=O)(=O)O)[C@H]1O. The van der Waals surface area contributed by atoms with Crippen molar-refractivity contribution in [3.05, 3.63) is 0 Å². The molecule has 1 aliphatic heterocycles. The zero-order chi connectivity index (χ0) is 15.6. The van der Waals surface area contributed by atoms with Gasteiger partial charge in [0.1, 0.15) is 18.3 Å². The molecule has 4 atom stereocenters. The largest absolute Gasteiger partial charge is 0.397 e. The summed E-state index contributed by atoms with van der Waals surface area (Å²) >= 11 is 0. The quantitative estimate of drug-likeness (QED) is 0.375. The molecule has 1 fully saturated rings. The van der Waals surface area contributed by atoms with Crippen molar-refractivity contribution in [3.63, 3.8) is 0 Å². The first-order valence-corrected chi connectivity index (χ1v) is 8.03. The first-order chi connectivity index (χ1) is 9.03. The summed E-state index contributed by atoms with van der Waals surface area (Å²) in [6, 6.07) is -1.18. The third kappa shape index (κ3) is 5.55. The van der Waals surface area contributed by atoms with Gasteiger partial charge in [-0.3, -0.25) is 9.11 Å². The van der Waals surface area contributed by atoms with E-state index < -0.39 is 51.7 Å². The predicted molar refractivity (Wildman–Crippen MR) is 62.5 cm³/mol. The summed E-state index contributed by atoms with van der Waals surface area (Å²) in [6.45, 7) is -0.993. The van der Waals surface area contributed by atoms with E-state index in [1.54, 1.807) is 4.72 Å². The molecule has 1 rings (SSSR count). The van der Waals surface area contributed by atoms with Crippen LogP contribution in [0.3, 0.4) is 0 Å². The van der Waals surface area contributed by atoms with Gasteiger partial charge in [-0.1, -0.05) is 0 Å². The summed E-state index contributed by atoms with van der Waals surface area (Å²) in [7, 11) is -8.06. The Morgan fingerprint density at radius 1 is 1.30 bits per heavy atom. The third-order valence-electron chi connectivity index (χ3n) is 2.56. The fraction of sp³-hybridized carbons (Fsp3) is 1.00. The summed E-state index contributed by atoms with van der Waals surface area (Å²) in [4.78, 5) is 0. The lowest BCUT2D eigenvalue weighted by Crippen LogP contribution is -2.60. The topological polar surface area (TPSA) is 169 Å². The number of methoxy groups -OCH3 is 1. The van der Waals surface area contributed by atoms with Crippen LogP contribution >= 0.6 is 0 Å². The summed E-state index contributed by atoms with van der Waals surface area (Å²) in [5, 5.41) is 9.88. The molecule has 4 N–H and O–H groups in total. The number of nitrogens with one attached hydrogen (secondary N) is 1. The maximum Gasteiger partial charge on any atom is 0.397 e. The molecule has 0 aromatic carbocycles. The zero-order valence-electron chi connectivity index (χ0n) is 10.2. The fourth-order valence-corrected chi connectivity index (χ4v) is 2.65. The molecule has 0 amide bonds. The van der Waals surface area contributed by atoms with Crippen molar-refractivity contribution in [3.8, 4) is 0 Å². The highest BCUT2D eigenvalue weighted by Crippen LogP contribution is 2.19. The molecule has 20 heavy (non-hydrogen) atoms. The molecule has 13 heteroatoms. The summed E-state index contributed by atoms with van der Waals surface area (Å²) in [5.41, 5.74) is 0. The number of hydrogen-bond acceptors (Lipinski definition) is 8. The second kappa shape index (κ2) is 6.59. The van der Waals surface area contributed by atoms with Crippen LogP contribution in [-0.2, 0) is 34.4 Å². The van der Waals surface area contributed by atoms with Crippen LogP contribution < -0.4 is 4.72 Å². The molecule has 1 saturated heterocycles. The molecule has 0 saturated carbocycles. The Morgan fingerprint density at radius 2 is 1.90 bits per heavy atom. The Bertz CT molecular complexity index is 514. The van der Waals surface area contributed by atoms with E-state index in [1.165, 1.54) is 7.11 Å². The van der Waals surface area contributed by atoms with Crippen LogP contribution in [0.25, 0.3) is 0 Å². The minimum absolute atomic E-state index is 0.361. The molecule has 0 bridgehead atoms. The van der Waals surface area contributed by atoms with Gasteiger partial charge in [0.2, 0.25) is 0 Å². The van der Waals surface area contributed by atoms with Crippen molar-refractivity contribution in [1.29, 1.82) is 0 Å². The van der Waals surface area contributed by atoms with Gasteiger partial charge in [-0.05, 0) is 0 Å². The molecule has 2 unspecified atom stereocenters. The number of aliphatic hydroxyl groups excluding tert-OH is 1. The molecule has 0 aromatic heterocycles. The first kappa shape index (κ1) is 17.7. The molecular weight excluding hydrogens is 322 g/mol. The summed E-state index contributed by atoms with van der Waals surface area (Å²) in [5.74, 6) is 0. The fourth-order valence-electron chi connectivity index (χ4n) is 1.75. The minimum atomic E-state index is -4.68. The van der Waals surface area contributed by atoms with Gasteiger partial charge in [0, 0.05) is 7.11 Å². The van der Waals surface area contributed by atoms with Crippen molar-refractivity contribution >= 4 is 20.7 Å². The van der Waals surface area contributed by atoms with E-state index in [4.69, 9.17) is 18.6 Å². The molecular formula is C7H15NO10S2. The molecule has 0 aliphatic carbocycles. The van der Waals surface area contributed by atoms with Crippen molar-refractivity contribution in [2.45, 2.75) is 24.4 Å². The van der Waals surface area contributed by atoms with E-state index in [-0.39, 0.29) is 6.61 Å². The lowest BCUT2D eigenvalue weighted by atomic mass is 9.99. The standard InChI is InChI=1S/C7H15NO10S2/c1-16-7-5(3-18-20(13,14)15)17-2-4(6(7)9)8-19(10,11)12/h4-9H,2-3H2,1H3,(H,10,11,12)(H,13,14,15)/t4?,5?,6-,7+/m1/s1. The maximum absolute atomic E-state index is 10.7.